The van der Waals surface area contributed by atoms with E-state index in [-0.39, 0.29) is 12.5 Å². The van der Waals surface area contributed by atoms with Gasteiger partial charge in [0.05, 0.1) is 19.6 Å². The van der Waals surface area contributed by atoms with E-state index in [0.717, 1.165) is 0 Å². The van der Waals surface area contributed by atoms with Gasteiger partial charge in [0.2, 0.25) is 0 Å². The number of aliphatic hydroxyl groups is 1. The molecule has 0 aliphatic heterocycles. The zero-order valence-electron chi connectivity index (χ0n) is 14.3. The van der Waals surface area contributed by atoms with Crippen molar-refractivity contribution in [3.05, 3.63) is 71.8 Å². The van der Waals surface area contributed by atoms with Crippen LogP contribution in [0.2, 0.25) is 0 Å². The van der Waals surface area contributed by atoms with E-state index in [1.807, 2.05) is 43.3 Å². The molecule has 0 heterocycles. The lowest BCUT2D eigenvalue weighted by Gasteiger charge is -2.32. The molecule has 0 radical (unpaired) electrons. The van der Waals surface area contributed by atoms with E-state index < -0.39 is 12.1 Å². The maximum Gasteiger partial charge on any atom is 0.308 e. The summed E-state index contributed by atoms with van der Waals surface area (Å²) in [5.41, 5.74) is 2.34. The molecule has 0 spiro atoms. The topological polar surface area (TPSA) is 49.8 Å². The Kier molecular flexibility index (Phi) is 6.97. The van der Waals surface area contributed by atoms with Gasteiger partial charge >= 0.3 is 5.97 Å². The van der Waals surface area contributed by atoms with Gasteiger partial charge in [-0.2, -0.15) is 0 Å². The minimum Gasteiger partial charge on any atom is -0.469 e. The summed E-state index contributed by atoms with van der Waals surface area (Å²) in [7, 11) is 1.34. The summed E-state index contributed by atoms with van der Waals surface area (Å²) >= 11 is 0. The Hall–Kier alpha value is -2.17. The number of nitrogens with zero attached hydrogens (tertiary/aromatic N) is 1. The van der Waals surface area contributed by atoms with Crippen molar-refractivity contribution in [2.24, 2.45) is 0 Å². The van der Waals surface area contributed by atoms with Crippen LogP contribution in [0.4, 0.5) is 0 Å². The van der Waals surface area contributed by atoms with E-state index in [2.05, 4.69) is 33.9 Å². The van der Waals surface area contributed by atoms with E-state index in [9.17, 15) is 9.90 Å². The molecule has 2 aromatic rings. The van der Waals surface area contributed by atoms with Crippen LogP contribution in [-0.4, -0.2) is 35.2 Å². The lowest BCUT2D eigenvalue weighted by atomic mass is 10.1. The average molecular weight is 327 g/mol. The molecule has 2 aromatic carbocycles. The summed E-state index contributed by atoms with van der Waals surface area (Å²) < 4.78 is 4.67. The van der Waals surface area contributed by atoms with E-state index in [1.54, 1.807) is 0 Å². The summed E-state index contributed by atoms with van der Waals surface area (Å²) in [5.74, 6) is -0.395. The number of hydrogen-bond donors (Lipinski definition) is 1. The first kappa shape index (κ1) is 18.2. The van der Waals surface area contributed by atoms with Crippen LogP contribution in [0.1, 0.15) is 24.5 Å². The minimum atomic E-state index is -0.773. The van der Waals surface area contributed by atoms with Crippen LogP contribution < -0.4 is 0 Å². The first-order chi connectivity index (χ1) is 11.6. The third-order valence-corrected chi connectivity index (χ3v) is 4.19. The van der Waals surface area contributed by atoms with Gasteiger partial charge in [-0.05, 0) is 18.1 Å². The normalized spacial score (nSPS) is 13.5. The first-order valence-corrected chi connectivity index (χ1v) is 8.17. The van der Waals surface area contributed by atoms with Gasteiger partial charge in [0.25, 0.3) is 0 Å². The average Bonchev–Trinajstić information content (AvgIpc) is 2.62. The highest BCUT2D eigenvalue weighted by molar-refractivity contribution is 5.69. The monoisotopic (exact) mass is 327 g/mol. The number of rotatable bonds is 8. The van der Waals surface area contributed by atoms with Gasteiger partial charge in [0.15, 0.2) is 0 Å². The molecule has 0 unspecified atom stereocenters. The van der Waals surface area contributed by atoms with E-state index >= 15 is 0 Å². The highest BCUT2D eigenvalue weighted by atomic mass is 16.5. The second kappa shape index (κ2) is 9.21. The Morgan fingerprint density at radius 2 is 1.46 bits per heavy atom. The fourth-order valence-corrected chi connectivity index (χ4v) is 2.65. The summed E-state index contributed by atoms with van der Waals surface area (Å²) in [4.78, 5) is 13.6. The predicted octanol–water partition coefficient (Wildman–Crippen LogP) is 3.00. The predicted molar refractivity (Wildman–Crippen MR) is 94.2 cm³/mol. The van der Waals surface area contributed by atoms with Crippen molar-refractivity contribution in [1.82, 2.24) is 4.90 Å². The number of esters is 1. The Bertz CT molecular complexity index is 574. The van der Waals surface area contributed by atoms with Gasteiger partial charge in [0, 0.05) is 19.1 Å². The molecule has 4 heteroatoms. The molecule has 0 amide bonds. The molecule has 1 N–H and O–H groups in total. The van der Waals surface area contributed by atoms with Gasteiger partial charge in [-0.15, -0.1) is 0 Å². The molecule has 2 atom stereocenters. The fourth-order valence-electron chi connectivity index (χ4n) is 2.65. The molecule has 0 aliphatic rings. The molecule has 0 saturated heterocycles. The molecular weight excluding hydrogens is 302 g/mol. The number of carbonyl (C=O) groups is 1. The number of ether oxygens (including phenoxy) is 1. The van der Waals surface area contributed by atoms with E-state index in [4.69, 9.17) is 0 Å². The number of benzene rings is 2. The van der Waals surface area contributed by atoms with E-state index in [1.165, 1.54) is 18.2 Å². The first-order valence-electron chi connectivity index (χ1n) is 8.17. The van der Waals surface area contributed by atoms with Gasteiger partial charge in [0.1, 0.15) is 0 Å². The van der Waals surface area contributed by atoms with Gasteiger partial charge in [-0.3, -0.25) is 9.69 Å². The summed E-state index contributed by atoms with van der Waals surface area (Å²) in [5, 5.41) is 10.4. The molecule has 24 heavy (non-hydrogen) atoms. The van der Waals surface area contributed by atoms with Crippen LogP contribution in [0.3, 0.4) is 0 Å². The lowest BCUT2D eigenvalue weighted by Crippen LogP contribution is -2.41. The molecule has 128 valence electrons. The summed E-state index contributed by atoms with van der Waals surface area (Å²) in [6.07, 6.45) is -0.776. The Labute approximate surface area is 143 Å². The molecule has 0 saturated carbocycles. The maximum atomic E-state index is 11.5. The zero-order valence-corrected chi connectivity index (χ0v) is 14.3. The molecule has 0 fully saturated rings. The van der Waals surface area contributed by atoms with Crippen molar-refractivity contribution in [2.75, 3.05) is 7.11 Å². The largest absolute Gasteiger partial charge is 0.469 e. The van der Waals surface area contributed by atoms with Crippen LogP contribution in [0, 0.1) is 0 Å². The standard InChI is InChI=1S/C20H25NO3/c1-16(19(22)13-20(23)24-2)21(14-17-9-5-3-6-10-17)15-18-11-7-4-8-12-18/h3-12,16,19,22H,13-15H2,1-2H3/t16-,19-/m0/s1. The van der Waals surface area contributed by atoms with Gasteiger partial charge < -0.3 is 9.84 Å². The van der Waals surface area contributed by atoms with Crippen LogP contribution >= 0.6 is 0 Å². The Morgan fingerprint density at radius 3 is 1.88 bits per heavy atom. The molecule has 0 aromatic heterocycles. The van der Waals surface area contributed by atoms with Crippen LogP contribution in [0.25, 0.3) is 0 Å². The minimum absolute atomic E-state index is 0.00224. The molecule has 4 nitrogen and oxygen atoms in total. The SMILES string of the molecule is COC(=O)C[C@H](O)[C@H](C)N(Cc1ccccc1)Cc1ccccc1. The number of hydrogen-bond acceptors (Lipinski definition) is 4. The lowest BCUT2D eigenvalue weighted by molar-refractivity contribution is -0.143. The Morgan fingerprint density at radius 1 is 1.00 bits per heavy atom. The quantitative estimate of drug-likeness (QED) is 0.757. The third-order valence-electron chi connectivity index (χ3n) is 4.19. The van der Waals surface area contributed by atoms with Crippen molar-refractivity contribution in [3.8, 4) is 0 Å². The van der Waals surface area contributed by atoms with Crippen molar-refractivity contribution in [3.63, 3.8) is 0 Å². The van der Waals surface area contributed by atoms with E-state index in [0.29, 0.717) is 13.1 Å². The highest BCUT2D eigenvalue weighted by Crippen LogP contribution is 2.17. The number of aliphatic hydroxyl groups excluding tert-OH is 1. The van der Waals surface area contributed by atoms with Crippen molar-refractivity contribution in [2.45, 2.75) is 38.6 Å². The third kappa shape index (κ3) is 5.48. The van der Waals surface area contributed by atoms with Crippen molar-refractivity contribution in [1.29, 1.82) is 0 Å². The molecule has 0 aliphatic carbocycles. The second-order valence-electron chi connectivity index (χ2n) is 5.96. The zero-order chi connectivity index (χ0) is 17.4. The Balaban J connectivity index is 2.13. The van der Waals surface area contributed by atoms with Crippen LogP contribution in [0.5, 0.6) is 0 Å². The van der Waals surface area contributed by atoms with Crippen LogP contribution in [-0.2, 0) is 22.6 Å². The summed E-state index contributed by atoms with van der Waals surface area (Å²) in [6, 6.07) is 20.1. The maximum absolute atomic E-state index is 11.5. The molecule has 0 bridgehead atoms. The van der Waals surface area contributed by atoms with Gasteiger partial charge in [-0.25, -0.2) is 0 Å². The van der Waals surface area contributed by atoms with Crippen LogP contribution in [0.15, 0.2) is 60.7 Å². The van der Waals surface area contributed by atoms with Crippen molar-refractivity contribution < 1.29 is 14.6 Å². The number of methoxy groups -OCH3 is 1. The highest BCUT2D eigenvalue weighted by Gasteiger charge is 2.24. The molecule has 2 rings (SSSR count). The molecular formula is C20H25NO3. The summed E-state index contributed by atoms with van der Waals surface area (Å²) in [6.45, 7) is 3.35. The number of carbonyl (C=O) groups excluding carboxylic acids is 1. The van der Waals surface area contributed by atoms with Gasteiger partial charge in [-0.1, -0.05) is 60.7 Å². The fraction of sp³-hybridized carbons (Fsp3) is 0.350. The van der Waals surface area contributed by atoms with Crippen molar-refractivity contribution >= 4 is 5.97 Å². The smallest absolute Gasteiger partial charge is 0.308 e. The second-order valence-corrected chi connectivity index (χ2v) is 5.96.